The Hall–Kier alpha value is -1.84. The summed E-state index contributed by atoms with van der Waals surface area (Å²) in [6.45, 7) is 6.42. The van der Waals surface area contributed by atoms with Gasteiger partial charge in [-0.25, -0.2) is 4.98 Å². The Kier molecular flexibility index (Phi) is 3.47. The van der Waals surface area contributed by atoms with Crippen LogP contribution in [0.25, 0.3) is 11.0 Å². The summed E-state index contributed by atoms with van der Waals surface area (Å²) >= 11 is 0. The molecular weight excluding hydrogens is 250 g/mol. The third kappa shape index (κ3) is 2.42. The molecular formula is C16H21N3O. The zero-order chi connectivity index (χ0) is 14.1. The minimum absolute atomic E-state index is 0.211. The highest BCUT2D eigenvalue weighted by Crippen LogP contribution is 2.18. The molecule has 106 valence electrons. The van der Waals surface area contributed by atoms with Gasteiger partial charge in [0.15, 0.2) is 0 Å². The van der Waals surface area contributed by atoms with Crippen molar-refractivity contribution in [1.82, 2.24) is 14.5 Å². The second-order valence-electron chi connectivity index (χ2n) is 5.80. The molecule has 1 fully saturated rings. The molecule has 1 aromatic carbocycles. The molecule has 0 aliphatic carbocycles. The van der Waals surface area contributed by atoms with E-state index in [0.717, 1.165) is 48.7 Å². The molecule has 0 unspecified atom stereocenters. The predicted molar refractivity (Wildman–Crippen MR) is 79.4 cm³/mol. The normalized spacial score (nSPS) is 16.8. The molecule has 1 amide bonds. The molecule has 0 bridgehead atoms. The number of hydrogen-bond acceptors (Lipinski definition) is 2. The van der Waals surface area contributed by atoms with E-state index in [2.05, 4.69) is 11.9 Å². The van der Waals surface area contributed by atoms with Crippen LogP contribution in [0.15, 0.2) is 24.3 Å². The number of carbonyl (C=O) groups is 1. The summed E-state index contributed by atoms with van der Waals surface area (Å²) in [7, 11) is 0. The lowest BCUT2D eigenvalue weighted by molar-refractivity contribution is -0.133. The van der Waals surface area contributed by atoms with Crippen molar-refractivity contribution in [1.29, 1.82) is 0 Å². The molecule has 1 aliphatic heterocycles. The first kappa shape index (κ1) is 13.2. The van der Waals surface area contributed by atoms with Gasteiger partial charge in [-0.2, -0.15) is 0 Å². The molecule has 2 aromatic rings. The fourth-order valence-corrected chi connectivity index (χ4v) is 2.89. The van der Waals surface area contributed by atoms with Crippen LogP contribution in [0, 0.1) is 12.8 Å². The van der Waals surface area contributed by atoms with Gasteiger partial charge in [0.1, 0.15) is 12.4 Å². The number of amides is 1. The highest BCUT2D eigenvalue weighted by molar-refractivity contribution is 5.81. The average molecular weight is 271 g/mol. The first-order valence-corrected chi connectivity index (χ1v) is 7.35. The van der Waals surface area contributed by atoms with Crippen LogP contribution in [-0.4, -0.2) is 33.4 Å². The minimum Gasteiger partial charge on any atom is -0.341 e. The number of fused-ring (bicyclic) bond motifs is 1. The van der Waals surface area contributed by atoms with Gasteiger partial charge >= 0.3 is 0 Å². The minimum atomic E-state index is 0.211. The van der Waals surface area contributed by atoms with Crippen molar-refractivity contribution >= 4 is 16.9 Å². The van der Waals surface area contributed by atoms with Crippen molar-refractivity contribution < 1.29 is 4.79 Å². The first-order valence-electron chi connectivity index (χ1n) is 7.35. The predicted octanol–water partition coefficient (Wildman–Crippen LogP) is 2.60. The molecule has 1 saturated heterocycles. The van der Waals surface area contributed by atoms with Gasteiger partial charge in [-0.05, 0) is 37.8 Å². The summed E-state index contributed by atoms with van der Waals surface area (Å²) in [6.07, 6.45) is 2.24. The van der Waals surface area contributed by atoms with Gasteiger partial charge in [0.05, 0.1) is 11.0 Å². The highest BCUT2D eigenvalue weighted by atomic mass is 16.2. The molecule has 1 aromatic heterocycles. The van der Waals surface area contributed by atoms with Gasteiger partial charge in [0.2, 0.25) is 5.91 Å². The quantitative estimate of drug-likeness (QED) is 0.842. The summed E-state index contributed by atoms with van der Waals surface area (Å²) in [5.41, 5.74) is 2.01. The molecule has 0 spiro atoms. The summed E-state index contributed by atoms with van der Waals surface area (Å²) in [6, 6.07) is 7.99. The van der Waals surface area contributed by atoms with E-state index in [1.807, 2.05) is 40.7 Å². The molecule has 0 radical (unpaired) electrons. The number of hydrogen-bond donors (Lipinski definition) is 0. The summed E-state index contributed by atoms with van der Waals surface area (Å²) < 4.78 is 2.02. The fraction of sp³-hybridized carbons (Fsp3) is 0.500. The van der Waals surface area contributed by atoms with E-state index >= 15 is 0 Å². The zero-order valence-electron chi connectivity index (χ0n) is 12.2. The molecule has 0 N–H and O–H groups in total. The van der Waals surface area contributed by atoms with Crippen molar-refractivity contribution in [2.75, 3.05) is 13.1 Å². The highest BCUT2D eigenvalue weighted by Gasteiger charge is 2.21. The average Bonchev–Trinajstić information content (AvgIpc) is 2.76. The maximum Gasteiger partial charge on any atom is 0.242 e. The molecule has 4 nitrogen and oxygen atoms in total. The molecule has 4 heteroatoms. The van der Waals surface area contributed by atoms with Gasteiger partial charge in [0, 0.05) is 13.1 Å². The van der Waals surface area contributed by atoms with Crippen LogP contribution in [0.1, 0.15) is 25.6 Å². The Morgan fingerprint density at radius 2 is 2.00 bits per heavy atom. The molecule has 0 saturated carbocycles. The third-order valence-corrected chi connectivity index (χ3v) is 4.28. The van der Waals surface area contributed by atoms with Crippen LogP contribution in [0.2, 0.25) is 0 Å². The van der Waals surface area contributed by atoms with Crippen LogP contribution >= 0.6 is 0 Å². The number of likely N-dealkylation sites (tertiary alicyclic amines) is 1. The molecule has 2 heterocycles. The van der Waals surface area contributed by atoms with Crippen LogP contribution in [0.3, 0.4) is 0 Å². The number of aryl methyl sites for hydroxylation is 1. The van der Waals surface area contributed by atoms with E-state index in [-0.39, 0.29) is 5.91 Å². The van der Waals surface area contributed by atoms with Crippen molar-refractivity contribution in [2.45, 2.75) is 33.2 Å². The number of imidazole rings is 1. The molecule has 20 heavy (non-hydrogen) atoms. The Morgan fingerprint density at radius 3 is 2.75 bits per heavy atom. The topological polar surface area (TPSA) is 38.1 Å². The first-order chi connectivity index (χ1) is 9.65. The lowest BCUT2D eigenvalue weighted by Crippen LogP contribution is -2.39. The van der Waals surface area contributed by atoms with Gasteiger partial charge < -0.3 is 9.47 Å². The Morgan fingerprint density at radius 1 is 1.30 bits per heavy atom. The summed E-state index contributed by atoms with van der Waals surface area (Å²) in [5.74, 6) is 1.86. The van der Waals surface area contributed by atoms with E-state index < -0.39 is 0 Å². The van der Waals surface area contributed by atoms with Gasteiger partial charge in [-0.3, -0.25) is 4.79 Å². The van der Waals surface area contributed by atoms with Crippen molar-refractivity contribution in [3.63, 3.8) is 0 Å². The maximum atomic E-state index is 12.4. The van der Waals surface area contributed by atoms with E-state index in [0.29, 0.717) is 6.54 Å². The second-order valence-corrected chi connectivity index (χ2v) is 5.80. The maximum absolute atomic E-state index is 12.4. The van der Waals surface area contributed by atoms with E-state index in [9.17, 15) is 4.79 Å². The van der Waals surface area contributed by atoms with Crippen molar-refractivity contribution in [3.05, 3.63) is 30.1 Å². The van der Waals surface area contributed by atoms with Gasteiger partial charge in [-0.1, -0.05) is 19.1 Å². The number of piperidine rings is 1. The largest absolute Gasteiger partial charge is 0.341 e. The van der Waals surface area contributed by atoms with E-state index in [1.54, 1.807) is 0 Å². The van der Waals surface area contributed by atoms with Crippen molar-refractivity contribution in [2.24, 2.45) is 5.92 Å². The number of nitrogens with zero attached hydrogens (tertiary/aromatic N) is 3. The Labute approximate surface area is 119 Å². The number of aromatic nitrogens is 2. The lowest BCUT2D eigenvalue weighted by atomic mass is 9.99. The number of para-hydroxylation sites is 2. The van der Waals surface area contributed by atoms with Gasteiger partial charge in [-0.15, -0.1) is 0 Å². The smallest absolute Gasteiger partial charge is 0.242 e. The standard InChI is InChI=1S/C16H21N3O/c1-12-7-9-18(10-8-12)16(20)11-19-13(2)17-14-5-3-4-6-15(14)19/h3-6,12H,7-11H2,1-2H3. The zero-order valence-corrected chi connectivity index (χ0v) is 12.2. The molecule has 3 rings (SSSR count). The van der Waals surface area contributed by atoms with Crippen LogP contribution in [0.5, 0.6) is 0 Å². The number of benzene rings is 1. The second kappa shape index (κ2) is 5.27. The lowest BCUT2D eigenvalue weighted by Gasteiger charge is -2.30. The fourth-order valence-electron chi connectivity index (χ4n) is 2.89. The molecule has 1 aliphatic rings. The van der Waals surface area contributed by atoms with E-state index in [4.69, 9.17) is 0 Å². The SMILES string of the molecule is Cc1nc2ccccc2n1CC(=O)N1CCC(C)CC1. The third-order valence-electron chi connectivity index (χ3n) is 4.28. The van der Waals surface area contributed by atoms with Crippen LogP contribution < -0.4 is 0 Å². The Bertz CT molecular complexity index is 624. The number of rotatable bonds is 2. The summed E-state index contributed by atoms with van der Waals surface area (Å²) in [4.78, 5) is 19.0. The van der Waals surface area contributed by atoms with E-state index in [1.165, 1.54) is 0 Å². The Balaban J connectivity index is 1.79. The number of carbonyl (C=O) groups excluding carboxylic acids is 1. The monoisotopic (exact) mass is 271 g/mol. The van der Waals surface area contributed by atoms with Crippen molar-refractivity contribution in [3.8, 4) is 0 Å². The van der Waals surface area contributed by atoms with Gasteiger partial charge in [0.25, 0.3) is 0 Å². The van der Waals surface area contributed by atoms with Crippen LogP contribution in [-0.2, 0) is 11.3 Å². The molecule has 0 atom stereocenters. The summed E-state index contributed by atoms with van der Waals surface area (Å²) in [5, 5.41) is 0. The van der Waals surface area contributed by atoms with Crippen LogP contribution in [0.4, 0.5) is 0 Å².